The second-order valence-corrected chi connectivity index (χ2v) is 8.79. The molecule has 1 fully saturated rings. The van der Waals surface area contributed by atoms with Gasteiger partial charge in [-0.25, -0.2) is 4.79 Å². The van der Waals surface area contributed by atoms with Crippen LogP contribution >= 0.6 is 0 Å². The lowest BCUT2D eigenvalue weighted by Crippen LogP contribution is -2.52. The molecule has 0 bridgehead atoms. The molecule has 188 valence electrons. The molecular weight excluding hydrogens is 450 g/mol. The number of carbonyl (C=O) groups excluding carboxylic acids is 3. The molecule has 2 atom stereocenters. The molecule has 2 aromatic carbocycles. The molecule has 2 aromatic rings. The topological polar surface area (TPSA) is 145 Å². The minimum Gasteiger partial charge on any atom is -0.480 e. The van der Waals surface area contributed by atoms with Crippen LogP contribution in [0.5, 0.6) is 0 Å². The Balaban J connectivity index is 1.79. The van der Waals surface area contributed by atoms with Crippen molar-refractivity contribution in [1.29, 1.82) is 0 Å². The average Bonchev–Trinajstić information content (AvgIpc) is 3.29. The van der Waals surface area contributed by atoms with Gasteiger partial charge in [0.05, 0.1) is 13.1 Å². The number of nitrogens with one attached hydrogen (secondary N) is 2. The fraction of sp³-hybridized carbons (Fsp3) is 0.440. The van der Waals surface area contributed by atoms with Crippen LogP contribution in [0.15, 0.2) is 42.5 Å². The summed E-state index contributed by atoms with van der Waals surface area (Å²) in [5.74, 6) is -2.21. The molecule has 1 saturated heterocycles. The minimum atomic E-state index is -1.24. The summed E-state index contributed by atoms with van der Waals surface area (Å²) in [5.41, 5.74) is 6.62. The SMILES string of the molecule is CC(=O)NC[C@H](NC(=O)CN(Cc1cccc2ccccc12)C[C@@H]1CCCN1C(=O)CN)C(=O)O. The Morgan fingerprint density at radius 1 is 1.17 bits per heavy atom. The molecule has 5 N–H and O–H groups in total. The van der Waals surface area contributed by atoms with Gasteiger partial charge in [0.25, 0.3) is 0 Å². The molecule has 10 nitrogen and oxygen atoms in total. The zero-order chi connectivity index (χ0) is 25.4. The quantitative estimate of drug-likeness (QED) is 0.360. The van der Waals surface area contributed by atoms with E-state index in [1.54, 1.807) is 4.90 Å². The number of carboxylic acids is 1. The molecule has 0 saturated carbocycles. The van der Waals surface area contributed by atoms with Crippen LogP contribution in [0.1, 0.15) is 25.3 Å². The van der Waals surface area contributed by atoms with Crippen molar-refractivity contribution in [1.82, 2.24) is 20.4 Å². The standard InChI is InChI=1S/C25H33N5O5/c1-17(31)27-13-22(25(34)35)28-23(32)16-29(15-20-9-5-11-30(20)24(33)12-26)14-19-8-4-7-18-6-2-3-10-21(18)19/h2-4,6-8,10,20,22H,5,9,11-16,26H2,1H3,(H,27,31)(H,28,32)(H,34,35)/t20-,22-/m0/s1. The van der Waals surface area contributed by atoms with E-state index in [-0.39, 0.29) is 37.5 Å². The average molecular weight is 484 g/mol. The molecule has 1 aliphatic rings. The van der Waals surface area contributed by atoms with Gasteiger partial charge in [-0.3, -0.25) is 19.3 Å². The van der Waals surface area contributed by atoms with Gasteiger partial charge in [-0.1, -0.05) is 42.5 Å². The molecule has 3 amide bonds. The molecular formula is C25H33N5O5. The third-order valence-corrected chi connectivity index (χ3v) is 6.17. The third-order valence-electron chi connectivity index (χ3n) is 6.17. The van der Waals surface area contributed by atoms with E-state index in [0.717, 1.165) is 29.2 Å². The molecule has 1 heterocycles. The maximum absolute atomic E-state index is 12.9. The van der Waals surface area contributed by atoms with Crippen LogP contribution in [0.2, 0.25) is 0 Å². The molecule has 1 aliphatic heterocycles. The van der Waals surface area contributed by atoms with Crippen LogP contribution in [0.3, 0.4) is 0 Å². The predicted octanol–water partition coefficient (Wildman–Crippen LogP) is 0.297. The van der Waals surface area contributed by atoms with Crippen LogP contribution in [0, 0.1) is 0 Å². The van der Waals surface area contributed by atoms with Crippen LogP contribution in [0.4, 0.5) is 0 Å². The number of benzene rings is 2. The molecule has 0 unspecified atom stereocenters. The van der Waals surface area contributed by atoms with Crippen LogP contribution in [0.25, 0.3) is 10.8 Å². The summed E-state index contributed by atoms with van der Waals surface area (Å²) in [4.78, 5) is 51.6. The Morgan fingerprint density at radius 2 is 1.91 bits per heavy atom. The fourth-order valence-electron chi connectivity index (χ4n) is 4.51. The van der Waals surface area contributed by atoms with Gasteiger partial charge >= 0.3 is 5.97 Å². The number of hydrogen-bond acceptors (Lipinski definition) is 6. The lowest BCUT2D eigenvalue weighted by Gasteiger charge is -2.31. The van der Waals surface area contributed by atoms with E-state index < -0.39 is 17.9 Å². The van der Waals surface area contributed by atoms with Crippen LogP contribution in [-0.2, 0) is 25.7 Å². The van der Waals surface area contributed by atoms with Crippen molar-refractivity contribution in [3.05, 3.63) is 48.0 Å². The maximum atomic E-state index is 12.9. The van der Waals surface area contributed by atoms with Gasteiger partial charge in [-0.15, -0.1) is 0 Å². The number of carboxylic acid groups (broad SMARTS) is 1. The van der Waals surface area contributed by atoms with Crippen molar-refractivity contribution < 1.29 is 24.3 Å². The fourth-order valence-corrected chi connectivity index (χ4v) is 4.51. The maximum Gasteiger partial charge on any atom is 0.328 e. The molecule has 0 spiro atoms. The summed E-state index contributed by atoms with van der Waals surface area (Å²) >= 11 is 0. The summed E-state index contributed by atoms with van der Waals surface area (Å²) < 4.78 is 0. The van der Waals surface area contributed by atoms with E-state index in [1.165, 1.54) is 6.92 Å². The van der Waals surface area contributed by atoms with E-state index in [4.69, 9.17) is 5.73 Å². The van der Waals surface area contributed by atoms with Crippen molar-refractivity contribution in [3.63, 3.8) is 0 Å². The van der Waals surface area contributed by atoms with Gasteiger partial charge < -0.3 is 26.4 Å². The summed E-state index contributed by atoms with van der Waals surface area (Å²) in [6.45, 7) is 2.47. The van der Waals surface area contributed by atoms with Gasteiger partial charge in [-0.2, -0.15) is 0 Å². The molecule has 3 rings (SSSR count). The summed E-state index contributed by atoms with van der Waals surface area (Å²) in [6, 6.07) is 12.6. The van der Waals surface area contributed by atoms with E-state index in [1.807, 2.05) is 47.4 Å². The number of aliphatic carboxylic acids is 1. The smallest absolute Gasteiger partial charge is 0.328 e. The van der Waals surface area contributed by atoms with Crippen molar-refractivity contribution in [3.8, 4) is 0 Å². The van der Waals surface area contributed by atoms with Gasteiger partial charge in [0.2, 0.25) is 17.7 Å². The minimum absolute atomic E-state index is 0.0613. The first-order valence-electron chi connectivity index (χ1n) is 11.7. The van der Waals surface area contributed by atoms with E-state index in [2.05, 4.69) is 10.6 Å². The Hall–Kier alpha value is -3.50. The first-order chi connectivity index (χ1) is 16.8. The molecule has 10 heteroatoms. The van der Waals surface area contributed by atoms with Gasteiger partial charge in [0.1, 0.15) is 6.04 Å². The lowest BCUT2D eigenvalue weighted by molar-refractivity contribution is -0.142. The van der Waals surface area contributed by atoms with Crippen molar-refractivity contribution >= 4 is 34.5 Å². The number of nitrogens with zero attached hydrogens (tertiary/aromatic N) is 2. The zero-order valence-electron chi connectivity index (χ0n) is 19.9. The Kier molecular flexibility index (Phi) is 9.16. The second kappa shape index (κ2) is 12.3. The summed E-state index contributed by atoms with van der Waals surface area (Å²) in [7, 11) is 0. The Morgan fingerprint density at radius 3 is 2.63 bits per heavy atom. The highest BCUT2D eigenvalue weighted by Crippen LogP contribution is 2.22. The first kappa shape index (κ1) is 26.1. The highest BCUT2D eigenvalue weighted by atomic mass is 16.4. The number of likely N-dealkylation sites (tertiary alicyclic amines) is 1. The number of nitrogens with two attached hydrogens (primary N) is 1. The van der Waals surface area contributed by atoms with Crippen molar-refractivity contribution in [2.45, 2.75) is 38.4 Å². The molecule has 35 heavy (non-hydrogen) atoms. The third kappa shape index (κ3) is 7.24. The van der Waals surface area contributed by atoms with Crippen molar-refractivity contribution in [2.24, 2.45) is 5.73 Å². The number of carbonyl (C=O) groups is 4. The van der Waals surface area contributed by atoms with Gasteiger partial charge in [-0.05, 0) is 29.2 Å². The van der Waals surface area contributed by atoms with Crippen molar-refractivity contribution in [2.75, 3.05) is 32.7 Å². The van der Waals surface area contributed by atoms with E-state index in [0.29, 0.717) is 19.6 Å². The van der Waals surface area contributed by atoms with Gasteiger partial charge in [0, 0.05) is 39.1 Å². The monoisotopic (exact) mass is 483 g/mol. The molecule has 0 radical (unpaired) electrons. The Bertz CT molecular complexity index is 1070. The normalized spacial score (nSPS) is 16.3. The summed E-state index contributed by atoms with van der Waals surface area (Å²) in [6.07, 6.45) is 1.67. The van der Waals surface area contributed by atoms with Gasteiger partial charge in [0.15, 0.2) is 0 Å². The van der Waals surface area contributed by atoms with E-state index >= 15 is 0 Å². The van der Waals surface area contributed by atoms with Crippen LogP contribution < -0.4 is 16.4 Å². The first-order valence-corrected chi connectivity index (χ1v) is 11.7. The van der Waals surface area contributed by atoms with E-state index in [9.17, 15) is 24.3 Å². The molecule has 0 aliphatic carbocycles. The largest absolute Gasteiger partial charge is 0.480 e. The predicted molar refractivity (Wildman–Crippen MR) is 131 cm³/mol. The van der Waals surface area contributed by atoms with Crippen LogP contribution in [-0.4, -0.2) is 83.4 Å². The Labute approximate surface area is 204 Å². The highest BCUT2D eigenvalue weighted by molar-refractivity contribution is 5.87. The second-order valence-electron chi connectivity index (χ2n) is 8.79. The number of hydrogen-bond donors (Lipinski definition) is 4. The highest BCUT2D eigenvalue weighted by Gasteiger charge is 2.30. The number of amides is 3. The lowest BCUT2D eigenvalue weighted by atomic mass is 10.0. The summed E-state index contributed by atoms with van der Waals surface area (Å²) in [5, 5.41) is 16.5. The number of rotatable bonds is 11. The number of fused-ring (bicyclic) bond motifs is 1. The zero-order valence-corrected chi connectivity index (χ0v) is 19.9. The molecule has 0 aromatic heterocycles.